The van der Waals surface area contributed by atoms with E-state index in [0.29, 0.717) is 25.2 Å². The zero-order chi connectivity index (χ0) is 16.6. The van der Waals surface area contributed by atoms with Gasteiger partial charge in [0.25, 0.3) is 0 Å². The number of nitrogens with zero attached hydrogens (tertiary/aromatic N) is 4. The van der Waals surface area contributed by atoms with E-state index >= 15 is 0 Å². The molecule has 3 heterocycles. The maximum absolute atomic E-state index is 12.7. The quantitative estimate of drug-likeness (QED) is 0.866. The number of H-pyrrole nitrogens is 1. The summed E-state index contributed by atoms with van der Waals surface area (Å²) in [6, 6.07) is 8.05. The normalized spacial score (nSPS) is 24.1. The monoisotopic (exact) mass is 327 g/mol. The standard InChI is InChI=1S/C17H21N5O2/c23-16(22-9-6-13-4-1-2-5-14(13)22)11-21-8-3-7-17(24,12-21)15-10-18-20-19-15/h1-2,4-5,10,24H,3,6-9,11-12H2,(H,18,19,20). The number of aliphatic hydroxyl groups is 1. The van der Waals surface area contributed by atoms with Crippen molar-refractivity contribution < 1.29 is 9.90 Å². The zero-order valence-electron chi connectivity index (χ0n) is 13.5. The molecule has 0 radical (unpaired) electrons. The summed E-state index contributed by atoms with van der Waals surface area (Å²) in [5, 5.41) is 21.2. The number of aromatic amines is 1. The number of hydrogen-bond donors (Lipinski definition) is 2. The van der Waals surface area contributed by atoms with E-state index < -0.39 is 5.60 Å². The first-order valence-electron chi connectivity index (χ1n) is 8.35. The summed E-state index contributed by atoms with van der Waals surface area (Å²) in [6.45, 7) is 2.26. The van der Waals surface area contributed by atoms with Crippen LogP contribution in [0.3, 0.4) is 0 Å². The van der Waals surface area contributed by atoms with Gasteiger partial charge in [0.2, 0.25) is 5.91 Å². The molecular weight excluding hydrogens is 306 g/mol. The van der Waals surface area contributed by atoms with E-state index in [9.17, 15) is 9.90 Å². The second-order valence-electron chi connectivity index (χ2n) is 6.63. The van der Waals surface area contributed by atoms with E-state index in [4.69, 9.17) is 0 Å². The maximum atomic E-state index is 12.7. The van der Waals surface area contributed by atoms with Crippen molar-refractivity contribution in [3.8, 4) is 0 Å². The summed E-state index contributed by atoms with van der Waals surface area (Å²) in [5.41, 5.74) is 1.76. The Balaban J connectivity index is 1.45. The number of benzene rings is 1. The van der Waals surface area contributed by atoms with Crippen LogP contribution in [0, 0.1) is 0 Å². The fourth-order valence-corrected chi connectivity index (χ4v) is 3.77. The summed E-state index contributed by atoms with van der Waals surface area (Å²) in [7, 11) is 0. The van der Waals surface area contributed by atoms with Gasteiger partial charge in [0.05, 0.1) is 12.7 Å². The van der Waals surface area contributed by atoms with Gasteiger partial charge < -0.3 is 10.0 Å². The number of anilines is 1. The highest BCUT2D eigenvalue weighted by molar-refractivity contribution is 5.96. The Kier molecular flexibility index (Phi) is 3.82. The summed E-state index contributed by atoms with van der Waals surface area (Å²) >= 11 is 0. The van der Waals surface area contributed by atoms with Gasteiger partial charge in [-0.1, -0.05) is 18.2 Å². The molecule has 2 aliphatic heterocycles. The van der Waals surface area contributed by atoms with Gasteiger partial charge in [-0.25, -0.2) is 0 Å². The summed E-state index contributed by atoms with van der Waals surface area (Å²) in [6.07, 6.45) is 3.93. The van der Waals surface area contributed by atoms with Crippen molar-refractivity contribution in [1.82, 2.24) is 20.3 Å². The number of carbonyl (C=O) groups is 1. The third kappa shape index (κ3) is 2.70. The average molecular weight is 327 g/mol. The Bertz CT molecular complexity index is 732. The van der Waals surface area contributed by atoms with E-state index in [0.717, 1.165) is 31.6 Å². The van der Waals surface area contributed by atoms with Gasteiger partial charge in [0.1, 0.15) is 11.3 Å². The Labute approximate surface area is 140 Å². The average Bonchev–Trinajstić information content (AvgIpc) is 3.25. The Morgan fingerprint density at radius 3 is 3.04 bits per heavy atom. The molecule has 1 aromatic heterocycles. The number of para-hydroxylation sites is 1. The molecule has 7 heteroatoms. The third-order valence-corrected chi connectivity index (χ3v) is 4.99. The summed E-state index contributed by atoms with van der Waals surface area (Å²) in [5.74, 6) is 0.0874. The van der Waals surface area contributed by atoms with Gasteiger partial charge in [-0.3, -0.25) is 9.69 Å². The smallest absolute Gasteiger partial charge is 0.241 e. The molecule has 1 saturated heterocycles. The second kappa shape index (κ2) is 5.99. The SMILES string of the molecule is O=C(CN1CCCC(O)(c2cn[nH]n2)C1)N1CCc2ccccc21. The van der Waals surface area contributed by atoms with E-state index in [1.807, 2.05) is 28.0 Å². The zero-order valence-corrected chi connectivity index (χ0v) is 13.5. The van der Waals surface area contributed by atoms with Crippen molar-refractivity contribution >= 4 is 11.6 Å². The highest BCUT2D eigenvalue weighted by atomic mass is 16.3. The van der Waals surface area contributed by atoms with Crippen LogP contribution in [-0.4, -0.2) is 57.5 Å². The number of amides is 1. The molecule has 1 atom stereocenters. The highest BCUT2D eigenvalue weighted by Gasteiger charge is 2.38. The topological polar surface area (TPSA) is 85.3 Å². The summed E-state index contributed by atoms with van der Waals surface area (Å²) < 4.78 is 0. The molecule has 1 amide bonds. The van der Waals surface area contributed by atoms with Crippen LogP contribution >= 0.6 is 0 Å². The maximum Gasteiger partial charge on any atom is 0.241 e. The molecule has 1 aromatic carbocycles. The van der Waals surface area contributed by atoms with Gasteiger partial charge >= 0.3 is 0 Å². The van der Waals surface area contributed by atoms with Crippen LogP contribution in [0.4, 0.5) is 5.69 Å². The molecule has 0 bridgehead atoms. The number of carbonyl (C=O) groups excluding carboxylic acids is 1. The number of likely N-dealkylation sites (tertiary alicyclic amines) is 1. The molecule has 126 valence electrons. The Morgan fingerprint density at radius 1 is 1.33 bits per heavy atom. The van der Waals surface area contributed by atoms with Gasteiger partial charge in [-0.15, -0.1) is 0 Å². The fourth-order valence-electron chi connectivity index (χ4n) is 3.77. The van der Waals surface area contributed by atoms with Crippen LogP contribution in [0.25, 0.3) is 0 Å². The van der Waals surface area contributed by atoms with Crippen LogP contribution < -0.4 is 4.90 Å². The van der Waals surface area contributed by atoms with E-state index in [1.165, 1.54) is 5.56 Å². The molecule has 4 rings (SSSR count). The van der Waals surface area contributed by atoms with Crippen LogP contribution in [-0.2, 0) is 16.8 Å². The van der Waals surface area contributed by atoms with E-state index in [-0.39, 0.29) is 5.91 Å². The molecule has 7 nitrogen and oxygen atoms in total. The lowest BCUT2D eigenvalue weighted by Crippen LogP contribution is -2.50. The van der Waals surface area contributed by atoms with Crippen LogP contribution in [0.2, 0.25) is 0 Å². The highest BCUT2D eigenvalue weighted by Crippen LogP contribution is 2.31. The molecule has 0 spiro atoms. The van der Waals surface area contributed by atoms with E-state index in [2.05, 4.69) is 21.5 Å². The first-order valence-corrected chi connectivity index (χ1v) is 8.35. The molecular formula is C17H21N5O2. The minimum absolute atomic E-state index is 0.0874. The second-order valence-corrected chi connectivity index (χ2v) is 6.63. The van der Waals surface area contributed by atoms with E-state index in [1.54, 1.807) is 6.20 Å². The molecule has 0 saturated carbocycles. The number of piperidine rings is 1. The number of rotatable bonds is 3. The predicted octanol–water partition coefficient (Wildman–Crippen LogP) is 0.677. The van der Waals surface area contributed by atoms with Crippen LogP contribution in [0.1, 0.15) is 24.1 Å². The minimum Gasteiger partial charge on any atom is -0.382 e. The molecule has 2 N–H and O–H groups in total. The molecule has 1 unspecified atom stereocenters. The summed E-state index contributed by atoms with van der Waals surface area (Å²) in [4.78, 5) is 16.6. The first kappa shape index (κ1) is 15.3. The molecule has 0 aliphatic carbocycles. The molecule has 2 aliphatic rings. The van der Waals surface area contributed by atoms with Crippen molar-refractivity contribution in [2.75, 3.05) is 31.1 Å². The number of hydrogen-bond acceptors (Lipinski definition) is 5. The number of fused-ring (bicyclic) bond motifs is 1. The van der Waals surface area contributed by atoms with Crippen molar-refractivity contribution in [2.45, 2.75) is 24.9 Å². The van der Waals surface area contributed by atoms with Gasteiger partial charge in [-0.05, 0) is 37.4 Å². The Morgan fingerprint density at radius 2 is 2.21 bits per heavy atom. The van der Waals surface area contributed by atoms with Crippen molar-refractivity contribution in [3.05, 3.63) is 41.7 Å². The predicted molar refractivity (Wildman–Crippen MR) is 88.5 cm³/mol. The van der Waals surface area contributed by atoms with Crippen molar-refractivity contribution in [1.29, 1.82) is 0 Å². The number of β-amino-alcohol motifs (C(OH)–C–C–N with tert-alkyl or cyclic N) is 1. The van der Waals surface area contributed by atoms with Crippen LogP contribution in [0.15, 0.2) is 30.5 Å². The minimum atomic E-state index is -1.03. The molecule has 24 heavy (non-hydrogen) atoms. The Hall–Kier alpha value is -2.25. The third-order valence-electron chi connectivity index (χ3n) is 4.99. The molecule has 1 fully saturated rings. The fraction of sp³-hybridized carbons (Fsp3) is 0.471. The number of nitrogens with one attached hydrogen (secondary N) is 1. The number of aromatic nitrogens is 3. The lowest BCUT2D eigenvalue weighted by atomic mass is 9.90. The first-order chi connectivity index (χ1) is 11.7. The van der Waals surface area contributed by atoms with Gasteiger partial charge in [-0.2, -0.15) is 15.4 Å². The lowest BCUT2D eigenvalue weighted by Gasteiger charge is -2.38. The largest absolute Gasteiger partial charge is 0.382 e. The van der Waals surface area contributed by atoms with Crippen molar-refractivity contribution in [2.24, 2.45) is 0 Å². The van der Waals surface area contributed by atoms with Crippen LogP contribution in [0.5, 0.6) is 0 Å². The molecule has 2 aromatic rings. The van der Waals surface area contributed by atoms with Crippen molar-refractivity contribution in [3.63, 3.8) is 0 Å². The van der Waals surface area contributed by atoms with Gasteiger partial charge in [0.15, 0.2) is 0 Å². The van der Waals surface area contributed by atoms with Gasteiger partial charge in [0, 0.05) is 18.8 Å². The lowest BCUT2D eigenvalue weighted by molar-refractivity contribution is -0.121.